The molecule has 1 saturated carbocycles. The minimum absolute atomic E-state index is 0.266. The molecular formula is C14H15F2NO3. The van der Waals surface area contributed by atoms with Crippen molar-refractivity contribution in [3.05, 3.63) is 35.4 Å². The Bertz CT molecular complexity index is 507. The van der Waals surface area contributed by atoms with Gasteiger partial charge >= 0.3 is 5.97 Å². The van der Waals surface area contributed by atoms with Gasteiger partial charge in [-0.25, -0.2) is 8.78 Å². The van der Waals surface area contributed by atoms with Gasteiger partial charge in [0.1, 0.15) is 23.7 Å². The number of carboxylic acids is 1. The first-order chi connectivity index (χ1) is 9.50. The quantitative estimate of drug-likeness (QED) is 0.923. The molecular weight excluding hydrogens is 268 g/mol. The van der Waals surface area contributed by atoms with E-state index in [4.69, 9.17) is 5.11 Å². The number of hydrogen-bond donors (Lipinski definition) is 1. The molecule has 108 valence electrons. The normalized spacial score (nSPS) is 15.3. The Balaban J connectivity index is 2.32. The summed E-state index contributed by atoms with van der Waals surface area (Å²) in [5, 5.41) is 8.90. The number of rotatable bonds is 4. The van der Waals surface area contributed by atoms with Gasteiger partial charge in [0.15, 0.2) is 0 Å². The lowest BCUT2D eigenvalue weighted by Gasteiger charge is -2.27. The standard InChI is InChI=1S/C14H15F2NO3/c15-10-6-3-7-11(16)13(10)14(20)17(8-12(18)19)9-4-1-2-5-9/h3,6-7,9H,1-2,4-5,8H2,(H,18,19). The van der Waals surface area contributed by atoms with Gasteiger partial charge in [0.25, 0.3) is 5.91 Å². The largest absolute Gasteiger partial charge is 0.480 e. The van der Waals surface area contributed by atoms with Crippen LogP contribution < -0.4 is 0 Å². The average Bonchev–Trinajstić information content (AvgIpc) is 2.88. The van der Waals surface area contributed by atoms with Crippen molar-refractivity contribution < 1.29 is 23.5 Å². The van der Waals surface area contributed by atoms with Crippen LogP contribution in [0.5, 0.6) is 0 Å². The van der Waals surface area contributed by atoms with Crippen molar-refractivity contribution in [1.29, 1.82) is 0 Å². The lowest BCUT2D eigenvalue weighted by atomic mass is 10.1. The minimum Gasteiger partial charge on any atom is -0.480 e. The van der Waals surface area contributed by atoms with Crippen molar-refractivity contribution in [2.24, 2.45) is 0 Å². The highest BCUT2D eigenvalue weighted by atomic mass is 19.1. The Hall–Kier alpha value is -1.98. The molecule has 1 amide bonds. The lowest BCUT2D eigenvalue weighted by Crippen LogP contribution is -2.43. The van der Waals surface area contributed by atoms with Gasteiger partial charge in [-0.15, -0.1) is 0 Å². The van der Waals surface area contributed by atoms with Gasteiger partial charge < -0.3 is 10.0 Å². The fourth-order valence-electron chi connectivity index (χ4n) is 2.57. The van der Waals surface area contributed by atoms with Crippen LogP contribution in [0.3, 0.4) is 0 Å². The van der Waals surface area contributed by atoms with Crippen LogP contribution in [0.25, 0.3) is 0 Å². The van der Waals surface area contributed by atoms with E-state index in [0.717, 1.165) is 29.9 Å². The molecule has 4 nitrogen and oxygen atoms in total. The Labute approximate surface area is 115 Å². The number of carbonyl (C=O) groups excluding carboxylic acids is 1. The van der Waals surface area contributed by atoms with Gasteiger partial charge in [0.05, 0.1) is 0 Å². The molecule has 0 aliphatic heterocycles. The van der Waals surface area contributed by atoms with E-state index in [-0.39, 0.29) is 6.04 Å². The van der Waals surface area contributed by atoms with Gasteiger partial charge in [-0.05, 0) is 25.0 Å². The molecule has 0 heterocycles. The van der Waals surface area contributed by atoms with Gasteiger partial charge in [0, 0.05) is 6.04 Å². The Morgan fingerprint density at radius 2 is 1.75 bits per heavy atom. The number of benzene rings is 1. The first kappa shape index (κ1) is 14.4. The number of carbonyl (C=O) groups is 2. The van der Waals surface area contributed by atoms with E-state index < -0.39 is 35.6 Å². The molecule has 1 aliphatic carbocycles. The molecule has 0 bridgehead atoms. The summed E-state index contributed by atoms with van der Waals surface area (Å²) in [5.41, 5.74) is -0.680. The average molecular weight is 283 g/mol. The summed E-state index contributed by atoms with van der Waals surface area (Å²) in [5.74, 6) is -4.02. The van der Waals surface area contributed by atoms with Crippen LogP contribution in [0.4, 0.5) is 8.78 Å². The summed E-state index contributed by atoms with van der Waals surface area (Å²) in [7, 11) is 0. The van der Waals surface area contributed by atoms with E-state index in [2.05, 4.69) is 0 Å². The second kappa shape index (κ2) is 5.98. The van der Waals surface area contributed by atoms with E-state index >= 15 is 0 Å². The molecule has 0 atom stereocenters. The van der Waals surface area contributed by atoms with E-state index in [1.807, 2.05) is 0 Å². The third kappa shape index (κ3) is 2.95. The molecule has 1 aliphatic rings. The fraction of sp³-hybridized carbons (Fsp3) is 0.429. The molecule has 20 heavy (non-hydrogen) atoms. The highest BCUT2D eigenvalue weighted by Gasteiger charge is 2.31. The first-order valence-electron chi connectivity index (χ1n) is 6.47. The summed E-state index contributed by atoms with van der Waals surface area (Å²) >= 11 is 0. The summed E-state index contributed by atoms with van der Waals surface area (Å²) in [4.78, 5) is 24.2. The van der Waals surface area contributed by atoms with E-state index in [1.165, 1.54) is 6.07 Å². The Kier molecular flexibility index (Phi) is 4.32. The smallest absolute Gasteiger partial charge is 0.323 e. The van der Waals surface area contributed by atoms with Gasteiger partial charge in [-0.2, -0.15) is 0 Å². The van der Waals surface area contributed by atoms with Crippen LogP contribution in [-0.2, 0) is 4.79 Å². The van der Waals surface area contributed by atoms with Gasteiger partial charge in [-0.1, -0.05) is 18.9 Å². The number of aliphatic carboxylic acids is 1. The number of hydrogen-bond acceptors (Lipinski definition) is 2. The number of carboxylic acid groups (broad SMARTS) is 1. The fourth-order valence-corrected chi connectivity index (χ4v) is 2.57. The SMILES string of the molecule is O=C(O)CN(C(=O)c1c(F)cccc1F)C1CCCC1. The Morgan fingerprint density at radius 1 is 1.20 bits per heavy atom. The number of amides is 1. The number of halogens is 2. The molecule has 0 aromatic heterocycles. The molecule has 0 spiro atoms. The maximum atomic E-state index is 13.7. The van der Waals surface area contributed by atoms with Gasteiger partial charge in [-0.3, -0.25) is 9.59 Å². The van der Waals surface area contributed by atoms with E-state index in [1.54, 1.807) is 0 Å². The van der Waals surface area contributed by atoms with Crippen molar-refractivity contribution in [3.63, 3.8) is 0 Å². The highest BCUT2D eigenvalue weighted by molar-refractivity contribution is 5.96. The third-order valence-electron chi connectivity index (χ3n) is 3.51. The molecule has 2 rings (SSSR count). The second-order valence-electron chi connectivity index (χ2n) is 4.86. The van der Waals surface area contributed by atoms with Crippen LogP contribution in [0.15, 0.2) is 18.2 Å². The van der Waals surface area contributed by atoms with Crippen LogP contribution in [0, 0.1) is 11.6 Å². The van der Waals surface area contributed by atoms with Crippen LogP contribution >= 0.6 is 0 Å². The number of nitrogens with zero attached hydrogens (tertiary/aromatic N) is 1. The summed E-state index contributed by atoms with van der Waals surface area (Å²) in [6.45, 7) is -0.544. The molecule has 6 heteroatoms. The molecule has 0 radical (unpaired) electrons. The van der Waals surface area contributed by atoms with Crippen molar-refractivity contribution in [3.8, 4) is 0 Å². The van der Waals surface area contributed by atoms with Crippen molar-refractivity contribution in [1.82, 2.24) is 4.90 Å². The molecule has 0 unspecified atom stereocenters. The van der Waals surface area contributed by atoms with Crippen LogP contribution in [-0.4, -0.2) is 34.5 Å². The summed E-state index contributed by atoms with van der Waals surface area (Å²) < 4.78 is 27.3. The predicted molar refractivity (Wildman–Crippen MR) is 67.3 cm³/mol. The maximum absolute atomic E-state index is 13.7. The van der Waals surface area contributed by atoms with E-state index in [9.17, 15) is 18.4 Å². The van der Waals surface area contributed by atoms with Crippen LogP contribution in [0.2, 0.25) is 0 Å². The summed E-state index contributed by atoms with van der Waals surface area (Å²) in [6.07, 6.45) is 3.09. The lowest BCUT2D eigenvalue weighted by molar-refractivity contribution is -0.138. The zero-order chi connectivity index (χ0) is 14.7. The molecule has 1 fully saturated rings. The first-order valence-corrected chi connectivity index (χ1v) is 6.47. The van der Waals surface area contributed by atoms with Gasteiger partial charge in [0.2, 0.25) is 0 Å². The van der Waals surface area contributed by atoms with E-state index in [0.29, 0.717) is 12.8 Å². The predicted octanol–water partition coefficient (Wildman–Crippen LogP) is 2.43. The molecule has 1 aromatic carbocycles. The Morgan fingerprint density at radius 3 is 2.25 bits per heavy atom. The molecule has 1 aromatic rings. The monoisotopic (exact) mass is 283 g/mol. The van der Waals surface area contributed by atoms with Crippen molar-refractivity contribution in [2.75, 3.05) is 6.54 Å². The topological polar surface area (TPSA) is 57.6 Å². The second-order valence-corrected chi connectivity index (χ2v) is 4.86. The zero-order valence-electron chi connectivity index (χ0n) is 10.8. The maximum Gasteiger partial charge on any atom is 0.323 e. The zero-order valence-corrected chi connectivity index (χ0v) is 10.8. The minimum atomic E-state index is -1.19. The van der Waals surface area contributed by atoms with Crippen LogP contribution in [0.1, 0.15) is 36.0 Å². The van der Waals surface area contributed by atoms with Crippen molar-refractivity contribution in [2.45, 2.75) is 31.7 Å². The van der Waals surface area contributed by atoms with Crippen molar-refractivity contribution >= 4 is 11.9 Å². The summed E-state index contributed by atoms with van der Waals surface area (Å²) in [6, 6.07) is 2.88. The molecule has 1 N–H and O–H groups in total. The third-order valence-corrected chi connectivity index (χ3v) is 3.51. The highest BCUT2D eigenvalue weighted by Crippen LogP contribution is 2.26. The molecule has 0 saturated heterocycles.